The van der Waals surface area contributed by atoms with Gasteiger partial charge >= 0.3 is 0 Å². The number of piperazine rings is 1. The third-order valence-corrected chi connectivity index (χ3v) is 4.41. The SMILES string of the molecule is CCCN1CCN(SCC2CC2)CC1. The minimum atomic E-state index is 1.06. The minimum absolute atomic E-state index is 1.06. The van der Waals surface area contributed by atoms with Crippen molar-refractivity contribution in [3.05, 3.63) is 0 Å². The van der Waals surface area contributed by atoms with Crippen molar-refractivity contribution in [3.63, 3.8) is 0 Å². The molecule has 0 spiro atoms. The number of hydrogen-bond donors (Lipinski definition) is 0. The monoisotopic (exact) mass is 214 g/mol. The summed E-state index contributed by atoms with van der Waals surface area (Å²) in [4.78, 5) is 2.59. The summed E-state index contributed by atoms with van der Waals surface area (Å²) in [7, 11) is 0. The average molecular weight is 214 g/mol. The van der Waals surface area contributed by atoms with E-state index < -0.39 is 0 Å². The molecule has 2 nitrogen and oxygen atoms in total. The highest BCUT2D eigenvalue weighted by Gasteiger charge is 2.23. The molecule has 1 heterocycles. The first-order valence-corrected chi connectivity index (χ1v) is 6.93. The molecule has 1 aliphatic heterocycles. The fourth-order valence-corrected chi connectivity index (χ4v) is 3.07. The molecule has 0 radical (unpaired) electrons. The van der Waals surface area contributed by atoms with Crippen LogP contribution in [0.15, 0.2) is 0 Å². The first-order valence-electron chi connectivity index (χ1n) is 5.98. The maximum atomic E-state index is 2.59. The van der Waals surface area contributed by atoms with Gasteiger partial charge in [0.05, 0.1) is 0 Å². The molecule has 0 bridgehead atoms. The quantitative estimate of drug-likeness (QED) is 0.647. The lowest BCUT2D eigenvalue weighted by molar-refractivity contribution is 0.197. The van der Waals surface area contributed by atoms with Gasteiger partial charge in [-0.05, 0) is 31.7 Å². The summed E-state index contributed by atoms with van der Waals surface area (Å²) >= 11 is 2.09. The van der Waals surface area contributed by atoms with Gasteiger partial charge in [0.2, 0.25) is 0 Å². The Morgan fingerprint density at radius 3 is 2.43 bits per heavy atom. The van der Waals surface area contributed by atoms with E-state index >= 15 is 0 Å². The Morgan fingerprint density at radius 1 is 1.14 bits per heavy atom. The van der Waals surface area contributed by atoms with Crippen LogP contribution in [-0.4, -0.2) is 47.7 Å². The normalized spacial score (nSPS) is 25.5. The van der Waals surface area contributed by atoms with Crippen LogP contribution in [0.3, 0.4) is 0 Å². The smallest absolute Gasteiger partial charge is 0.0218 e. The lowest BCUT2D eigenvalue weighted by Crippen LogP contribution is -2.43. The molecule has 0 aromatic heterocycles. The molecule has 1 saturated carbocycles. The van der Waals surface area contributed by atoms with Gasteiger partial charge in [0.25, 0.3) is 0 Å². The molecule has 2 fully saturated rings. The standard InChI is InChI=1S/C11H22N2S/c1-2-5-12-6-8-13(9-7-12)14-10-11-3-4-11/h11H,2-10H2,1H3. The fraction of sp³-hybridized carbons (Fsp3) is 1.00. The Balaban J connectivity index is 1.57. The molecule has 2 rings (SSSR count). The molecule has 14 heavy (non-hydrogen) atoms. The van der Waals surface area contributed by atoms with Crippen LogP contribution in [0.4, 0.5) is 0 Å². The summed E-state index contributed by atoms with van der Waals surface area (Å²) in [6.45, 7) is 8.68. The van der Waals surface area contributed by atoms with Gasteiger partial charge in [-0.25, -0.2) is 4.31 Å². The van der Waals surface area contributed by atoms with Crippen molar-refractivity contribution in [2.24, 2.45) is 5.92 Å². The van der Waals surface area contributed by atoms with Crippen molar-refractivity contribution in [1.82, 2.24) is 9.21 Å². The van der Waals surface area contributed by atoms with Gasteiger partial charge in [0, 0.05) is 31.9 Å². The van der Waals surface area contributed by atoms with Gasteiger partial charge in [-0.2, -0.15) is 0 Å². The Kier molecular flexibility index (Phi) is 4.14. The van der Waals surface area contributed by atoms with Crippen LogP contribution in [0.1, 0.15) is 26.2 Å². The Bertz CT molecular complexity index is 163. The van der Waals surface area contributed by atoms with E-state index in [1.165, 1.54) is 57.7 Å². The maximum Gasteiger partial charge on any atom is 0.0218 e. The van der Waals surface area contributed by atoms with E-state index in [1.807, 2.05) is 0 Å². The largest absolute Gasteiger partial charge is 0.301 e. The highest BCUT2D eigenvalue weighted by atomic mass is 32.2. The van der Waals surface area contributed by atoms with E-state index in [2.05, 4.69) is 28.1 Å². The number of nitrogens with zero attached hydrogens (tertiary/aromatic N) is 2. The van der Waals surface area contributed by atoms with Gasteiger partial charge in [-0.15, -0.1) is 0 Å². The third-order valence-electron chi connectivity index (χ3n) is 3.06. The number of rotatable bonds is 5. The predicted molar refractivity (Wildman–Crippen MR) is 63.5 cm³/mol. The summed E-state index contributed by atoms with van der Waals surface area (Å²) in [5, 5.41) is 0. The maximum absolute atomic E-state index is 2.59. The van der Waals surface area contributed by atoms with Crippen LogP contribution < -0.4 is 0 Å². The lowest BCUT2D eigenvalue weighted by atomic mass is 10.3. The van der Waals surface area contributed by atoms with E-state index in [0.717, 1.165) is 5.92 Å². The summed E-state index contributed by atoms with van der Waals surface area (Å²) in [6, 6.07) is 0. The molecule has 1 aliphatic carbocycles. The highest BCUT2D eigenvalue weighted by molar-refractivity contribution is 7.97. The molecule has 0 aromatic rings. The average Bonchev–Trinajstić information content (AvgIpc) is 3.01. The van der Waals surface area contributed by atoms with Crippen molar-refractivity contribution in [2.45, 2.75) is 26.2 Å². The lowest BCUT2D eigenvalue weighted by Gasteiger charge is -2.33. The summed E-state index contributed by atoms with van der Waals surface area (Å²) in [5.74, 6) is 2.45. The van der Waals surface area contributed by atoms with Crippen molar-refractivity contribution >= 4 is 11.9 Å². The topological polar surface area (TPSA) is 6.48 Å². The van der Waals surface area contributed by atoms with Crippen LogP contribution in [0, 0.1) is 5.92 Å². The van der Waals surface area contributed by atoms with Crippen LogP contribution in [0.2, 0.25) is 0 Å². The van der Waals surface area contributed by atoms with Crippen molar-refractivity contribution in [2.75, 3.05) is 38.5 Å². The van der Waals surface area contributed by atoms with Gasteiger partial charge in [-0.1, -0.05) is 18.9 Å². The molecule has 0 aromatic carbocycles. The second-order valence-corrected chi connectivity index (χ2v) is 5.62. The first kappa shape index (κ1) is 10.8. The molecular formula is C11H22N2S. The zero-order valence-corrected chi connectivity index (χ0v) is 10.1. The van der Waals surface area contributed by atoms with Crippen LogP contribution >= 0.6 is 11.9 Å². The van der Waals surface area contributed by atoms with Crippen LogP contribution in [0.25, 0.3) is 0 Å². The second-order valence-electron chi connectivity index (χ2n) is 4.51. The fourth-order valence-electron chi connectivity index (χ4n) is 1.89. The minimum Gasteiger partial charge on any atom is -0.301 e. The van der Waals surface area contributed by atoms with Gasteiger partial charge in [-0.3, -0.25) is 0 Å². The zero-order valence-electron chi connectivity index (χ0n) is 9.24. The van der Waals surface area contributed by atoms with E-state index in [9.17, 15) is 0 Å². The first-order chi connectivity index (χ1) is 6.88. The van der Waals surface area contributed by atoms with Gasteiger partial charge in [0.1, 0.15) is 0 Å². The van der Waals surface area contributed by atoms with Crippen molar-refractivity contribution < 1.29 is 0 Å². The molecule has 0 N–H and O–H groups in total. The molecule has 82 valence electrons. The van der Waals surface area contributed by atoms with E-state index in [0.29, 0.717) is 0 Å². The second kappa shape index (κ2) is 5.38. The van der Waals surface area contributed by atoms with E-state index in [4.69, 9.17) is 0 Å². The van der Waals surface area contributed by atoms with E-state index in [-0.39, 0.29) is 0 Å². The zero-order chi connectivity index (χ0) is 9.80. The molecule has 3 heteroatoms. The molecule has 0 unspecified atom stereocenters. The predicted octanol–water partition coefficient (Wildman–Crippen LogP) is 2.07. The highest BCUT2D eigenvalue weighted by Crippen LogP contribution is 2.33. The molecule has 1 saturated heterocycles. The number of hydrogen-bond acceptors (Lipinski definition) is 3. The van der Waals surface area contributed by atoms with Gasteiger partial charge in [0.15, 0.2) is 0 Å². The summed E-state index contributed by atoms with van der Waals surface area (Å²) < 4.78 is 2.57. The van der Waals surface area contributed by atoms with Crippen molar-refractivity contribution in [3.8, 4) is 0 Å². The Morgan fingerprint density at radius 2 is 1.86 bits per heavy atom. The molecule has 0 atom stereocenters. The third kappa shape index (κ3) is 3.44. The molecule has 2 aliphatic rings. The van der Waals surface area contributed by atoms with Crippen LogP contribution in [-0.2, 0) is 0 Å². The summed E-state index contributed by atoms with van der Waals surface area (Å²) in [5.41, 5.74) is 0. The Hall–Kier alpha value is 0.270. The van der Waals surface area contributed by atoms with Crippen LogP contribution in [0.5, 0.6) is 0 Å². The van der Waals surface area contributed by atoms with Crippen molar-refractivity contribution in [1.29, 1.82) is 0 Å². The van der Waals surface area contributed by atoms with E-state index in [1.54, 1.807) is 0 Å². The molecule has 0 amide bonds. The molecular weight excluding hydrogens is 192 g/mol. The summed E-state index contributed by atoms with van der Waals surface area (Å²) in [6.07, 6.45) is 4.28. The van der Waals surface area contributed by atoms with Gasteiger partial charge < -0.3 is 4.90 Å². The Labute approximate surface area is 92.2 Å².